The summed E-state index contributed by atoms with van der Waals surface area (Å²) in [7, 11) is 0. The molecule has 0 saturated heterocycles. The summed E-state index contributed by atoms with van der Waals surface area (Å²) in [5, 5.41) is 0. The van der Waals surface area contributed by atoms with Crippen molar-refractivity contribution in [2.45, 2.75) is 46.5 Å². The first-order valence-electron chi connectivity index (χ1n) is 8.72. The van der Waals surface area contributed by atoms with E-state index in [1.807, 2.05) is 19.1 Å². The molecule has 132 valence electrons. The maximum absolute atomic E-state index is 13.0. The van der Waals surface area contributed by atoms with E-state index in [9.17, 15) is 9.59 Å². The van der Waals surface area contributed by atoms with Crippen LogP contribution < -0.4 is 0 Å². The van der Waals surface area contributed by atoms with Crippen LogP contribution in [-0.2, 0) is 14.3 Å². The second-order valence-corrected chi connectivity index (χ2v) is 7.55. The first kappa shape index (κ1) is 17.5. The number of hydrogen-bond donors (Lipinski definition) is 0. The number of nitrogens with zero attached hydrogens (tertiary/aromatic N) is 2. The fourth-order valence-electron chi connectivity index (χ4n) is 3.99. The molecule has 2 aliphatic rings. The zero-order chi connectivity index (χ0) is 18.2. The molecule has 25 heavy (non-hydrogen) atoms. The topological polar surface area (TPSA) is 68.6 Å². The molecule has 3 rings (SSSR count). The zero-order valence-corrected chi connectivity index (χ0v) is 15.2. The Morgan fingerprint density at radius 2 is 2.08 bits per heavy atom. The highest BCUT2D eigenvalue weighted by atomic mass is 16.5. The number of aromatic nitrogens is 1. The van der Waals surface area contributed by atoms with Crippen LogP contribution in [0.2, 0.25) is 0 Å². The average Bonchev–Trinajstić information content (AvgIpc) is 2.53. The van der Waals surface area contributed by atoms with Gasteiger partial charge in [-0.3, -0.25) is 14.8 Å². The van der Waals surface area contributed by atoms with Crippen molar-refractivity contribution in [1.29, 1.82) is 0 Å². The van der Waals surface area contributed by atoms with Gasteiger partial charge in [0.2, 0.25) is 0 Å². The molecule has 2 heterocycles. The van der Waals surface area contributed by atoms with Gasteiger partial charge in [0.05, 0.1) is 18.1 Å². The van der Waals surface area contributed by atoms with Crippen molar-refractivity contribution in [3.05, 3.63) is 41.4 Å². The lowest BCUT2D eigenvalue weighted by Crippen LogP contribution is -2.44. The van der Waals surface area contributed by atoms with Crippen LogP contribution in [0.3, 0.4) is 0 Å². The molecule has 0 aromatic carbocycles. The van der Waals surface area contributed by atoms with E-state index in [1.54, 1.807) is 19.3 Å². The monoisotopic (exact) mass is 340 g/mol. The maximum atomic E-state index is 13.0. The van der Waals surface area contributed by atoms with E-state index >= 15 is 0 Å². The predicted octanol–water partition coefficient (Wildman–Crippen LogP) is 3.46. The molecule has 1 aliphatic heterocycles. The zero-order valence-electron chi connectivity index (χ0n) is 15.2. The van der Waals surface area contributed by atoms with Crippen LogP contribution in [0.25, 0.3) is 0 Å². The second kappa shape index (κ2) is 6.54. The molecule has 1 aliphatic carbocycles. The summed E-state index contributed by atoms with van der Waals surface area (Å²) in [5.74, 6) is -1.03. The molecule has 1 saturated carbocycles. The van der Waals surface area contributed by atoms with Gasteiger partial charge in [-0.15, -0.1) is 0 Å². The number of allylic oxidation sites excluding steroid dienone is 1. The summed E-state index contributed by atoms with van der Waals surface area (Å²) in [6.07, 6.45) is 4.66. The Kier molecular flexibility index (Phi) is 4.58. The van der Waals surface area contributed by atoms with Gasteiger partial charge in [-0.2, -0.15) is 0 Å². The van der Waals surface area contributed by atoms with Crippen molar-refractivity contribution in [2.75, 3.05) is 6.61 Å². The van der Waals surface area contributed by atoms with Gasteiger partial charge in [0.15, 0.2) is 0 Å². The van der Waals surface area contributed by atoms with Gasteiger partial charge in [-0.05, 0) is 37.3 Å². The van der Waals surface area contributed by atoms with E-state index < -0.39 is 11.9 Å². The lowest BCUT2D eigenvalue weighted by atomic mass is 9.63. The van der Waals surface area contributed by atoms with Crippen LogP contribution in [0.15, 0.2) is 40.8 Å². The minimum atomic E-state index is -0.402. The number of pyridine rings is 1. The lowest BCUT2D eigenvalue weighted by molar-refractivity contribution is -0.139. The van der Waals surface area contributed by atoms with Gasteiger partial charge < -0.3 is 4.74 Å². The Balaban J connectivity index is 2.15. The third kappa shape index (κ3) is 3.28. The molecular formula is C20H24N2O3. The molecule has 0 N–H and O–H groups in total. The predicted molar refractivity (Wildman–Crippen MR) is 95.3 cm³/mol. The molecular weight excluding hydrogens is 316 g/mol. The van der Waals surface area contributed by atoms with Crippen molar-refractivity contribution in [3.63, 3.8) is 0 Å². The van der Waals surface area contributed by atoms with Crippen molar-refractivity contribution in [1.82, 2.24) is 4.98 Å². The maximum Gasteiger partial charge on any atom is 0.336 e. The Morgan fingerprint density at radius 3 is 2.72 bits per heavy atom. The molecule has 5 heteroatoms. The molecule has 5 nitrogen and oxygen atoms in total. The van der Waals surface area contributed by atoms with Crippen LogP contribution in [0.4, 0.5) is 0 Å². The molecule has 1 fully saturated rings. The Morgan fingerprint density at radius 1 is 1.32 bits per heavy atom. The van der Waals surface area contributed by atoms with Crippen LogP contribution in [-0.4, -0.2) is 29.1 Å². The van der Waals surface area contributed by atoms with E-state index in [0.717, 1.165) is 17.7 Å². The fraction of sp³-hybridized carbons (Fsp3) is 0.500. The van der Waals surface area contributed by atoms with Crippen molar-refractivity contribution in [2.24, 2.45) is 16.3 Å². The van der Waals surface area contributed by atoms with Gasteiger partial charge in [0.25, 0.3) is 0 Å². The molecule has 0 bridgehead atoms. The number of carbonyl (C=O) groups is 2. The first-order valence-corrected chi connectivity index (χ1v) is 8.72. The number of fused-ring (bicyclic) bond motifs is 1. The minimum absolute atomic E-state index is 0.104. The molecule has 0 radical (unpaired) electrons. The average molecular weight is 340 g/mol. The normalized spacial score (nSPS) is 25.3. The number of esters is 1. The molecule has 0 spiro atoms. The van der Waals surface area contributed by atoms with Gasteiger partial charge >= 0.3 is 5.97 Å². The number of aliphatic imine (C=N–C) groups is 1. The van der Waals surface area contributed by atoms with Crippen molar-refractivity contribution >= 4 is 17.5 Å². The Bertz CT molecular complexity index is 762. The largest absolute Gasteiger partial charge is 0.463 e. The van der Waals surface area contributed by atoms with E-state index in [1.165, 1.54) is 0 Å². The fourth-order valence-corrected chi connectivity index (χ4v) is 3.99. The molecule has 2 atom stereocenters. The van der Waals surface area contributed by atoms with Crippen molar-refractivity contribution < 1.29 is 14.3 Å². The number of ether oxygens (including phenoxy) is 1. The summed E-state index contributed by atoms with van der Waals surface area (Å²) in [4.78, 5) is 34.5. The summed E-state index contributed by atoms with van der Waals surface area (Å²) in [5.41, 5.74) is 2.75. The van der Waals surface area contributed by atoms with E-state index in [-0.39, 0.29) is 23.7 Å². The summed E-state index contributed by atoms with van der Waals surface area (Å²) in [6.45, 7) is 8.06. The van der Waals surface area contributed by atoms with Gasteiger partial charge in [0.1, 0.15) is 5.78 Å². The Hall–Kier alpha value is -2.30. The third-order valence-corrected chi connectivity index (χ3v) is 4.90. The molecule has 1 aromatic heterocycles. The van der Waals surface area contributed by atoms with Crippen LogP contribution in [0.5, 0.6) is 0 Å². The van der Waals surface area contributed by atoms with Gasteiger partial charge in [-0.1, -0.05) is 19.9 Å². The number of carbonyl (C=O) groups excluding carboxylic acids is 2. The highest BCUT2D eigenvalue weighted by Crippen LogP contribution is 2.46. The Labute approximate surface area is 148 Å². The van der Waals surface area contributed by atoms with Gasteiger partial charge in [0, 0.05) is 36.1 Å². The highest BCUT2D eigenvalue weighted by molar-refractivity contribution is 6.12. The minimum Gasteiger partial charge on any atom is -0.463 e. The number of hydrogen-bond acceptors (Lipinski definition) is 5. The summed E-state index contributed by atoms with van der Waals surface area (Å²) in [6, 6.07) is 3.75. The number of rotatable bonds is 3. The molecule has 0 amide bonds. The molecule has 1 aromatic rings. The van der Waals surface area contributed by atoms with E-state index in [0.29, 0.717) is 17.7 Å². The standard InChI is InChI=1S/C20H24N2O3/c1-5-25-19(24)16-12(2)22-14-9-20(3,4)10-15(23)18(14)17(16)13-7-6-8-21-11-13/h6-8,11,17-18H,5,9-10H2,1-4H3/t17-,18-/m1/s1. The van der Waals surface area contributed by atoms with E-state index in [2.05, 4.69) is 23.8 Å². The third-order valence-electron chi connectivity index (χ3n) is 4.90. The van der Waals surface area contributed by atoms with Crippen LogP contribution in [0.1, 0.15) is 52.0 Å². The van der Waals surface area contributed by atoms with E-state index in [4.69, 9.17) is 4.74 Å². The van der Waals surface area contributed by atoms with Crippen molar-refractivity contribution in [3.8, 4) is 0 Å². The number of Topliss-reactive ketones (excluding diaryl/α,β-unsaturated/α-hetero) is 1. The highest BCUT2D eigenvalue weighted by Gasteiger charge is 2.47. The SMILES string of the molecule is CCOC(=O)C1=C(C)N=C2CC(C)(C)CC(=O)[C@@H]2[C@@H]1c1cccnc1. The lowest BCUT2D eigenvalue weighted by Gasteiger charge is -2.40. The van der Waals surface area contributed by atoms with Crippen LogP contribution in [0, 0.1) is 11.3 Å². The number of ketones is 1. The summed E-state index contributed by atoms with van der Waals surface area (Å²) >= 11 is 0. The smallest absolute Gasteiger partial charge is 0.336 e. The first-order chi connectivity index (χ1) is 11.8. The summed E-state index contributed by atoms with van der Waals surface area (Å²) < 4.78 is 5.26. The quantitative estimate of drug-likeness (QED) is 0.790. The van der Waals surface area contributed by atoms with Gasteiger partial charge in [-0.25, -0.2) is 4.79 Å². The van der Waals surface area contributed by atoms with Crippen LogP contribution >= 0.6 is 0 Å². The molecule has 0 unspecified atom stereocenters. The second-order valence-electron chi connectivity index (χ2n) is 7.55.